The molecule has 6 bridgehead atoms. The highest BCUT2D eigenvalue weighted by molar-refractivity contribution is 5.13. The van der Waals surface area contributed by atoms with Gasteiger partial charge in [-0.1, -0.05) is 0 Å². The molecule has 2 N–H and O–H groups in total. The van der Waals surface area contributed by atoms with Crippen LogP contribution in [0.15, 0.2) is 0 Å². The van der Waals surface area contributed by atoms with Crippen molar-refractivity contribution in [1.29, 1.82) is 0 Å². The van der Waals surface area contributed by atoms with Crippen LogP contribution in [0.4, 0.5) is 0 Å². The zero-order valence-corrected chi connectivity index (χ0v) is 15.2. The van der Waals surface area contributed by atoms with E-state index in [2.05, 4.69) is 15.5 Å². The van der Waals surface area contributed by atoms with Crippen LogP contribution in [0.25, 0.3) is 0 Å². The topological polar surface area (TPSA) is 27.3 Å². The first-order valence-corrected chi connectivity index (χ1v) is 11.0. The molecule has 6 fully saturated rings. The van der Waals surface area contributed by atoms with Gasteiger partial charge in [0, 0.05) is 36.3 Å². The third-order valence-electron chi connectivity index (χ3n) is 9.05. The number of likely N-dealkylation sites (tertiary alicyclic amines) is 1. The highest BCUT2D eigenvalue weighted by atomic mass is 15.3. The van der Waals surface area contributed by atoms with Crippen molar-refractivity contribution >= 4 is 0 Å². The minimum atomic E-state index is 0.598. The van der Waals surface area contributed by atoms with Crippen LogP contribution in [0.3, 0.4) is 0 Å². The molecule has 134 valence electrons. The molecule has 0 aromatic heterocycles. The standard InChI is InChI=1S/C21H35N3/c1-2-19-9-15(1)13-24(19)21-5-3-17(11-21)23-20(12-21)16-7-14-4-6-22-18(8-14)10-16/h14-20,22-23H,1-13H2. The minimum Gasteiger partial charge on any atom is -0.314 e. The number of piperidine rings is 3. The molecule has 8 unspecified atom stereocenters. The first-order chi connectivity index (χ1) is 11.8. The van der Waals surface area contributed by atoms with Crippen molar-refractivity contribution in [3.8, 4) is 0 Å². The number of hydrogen-bond donors (Lipinski definition) is 2. The molecule has 0 aromatic rings. The number of rotatable bonds is 2. The van der Waals surface area contributed by atoms with Gasteiger partial charge in [0.2, 0.25) is 0 Å². The molecule has 3 saturated heterocycles. The monoisotopic (exact) mass is 329 g/mol. The Morgan fingerprint density at radius 2 is 1.83 bits per heavy atom. The minimum absolute atomic E-state index is 0.598. The Morgan fingerprint density at radius 1 is 0.833 bits per heavy atom. The lowest BCUT2D eigenvalue weighted by Crippen LogP contribution is -2.60. The van der Waals surface area contributed by atoms with Gasteiger partial charge in [0.05, 0.1) is 0 Å². The number of fused-ring (bicyclic) bond motifs is 6. The molecular formula is C21H35N3. The predicted octanol–water partition coefficient (Wildman–Crippen LogP) is 2.90. The Kier molecular flexibility index (Phi) is 3.40. The fourth-order valence-corrected chi connectivity index (χ4v) is 8.10. The van der Waals surface area contributed by atoms with Crippen LogP contribution in [0.5, 0.6) is 0 Å². The SMILES string of the molecule is C1CC2CC(CC(C3CC4(N5CC6CCC5C6)CCC(C4)N3)C2)N1. The molecule has 3 nitrogen and oxygen atoms in total. The molecule has 0 aromatic carbocycles. The molecule has 0 radical (unpaired) electrons. The van der Waals surface area contributed by atoms with Crippen LogP contribution in [0, 0.1) is 17.8 Å². The summed E-state index contributed by atoms with van der Waals surface area (Å²) < 4.78 is 0. The Labute approximate surface area is 147 Å². The van der Waals surface area contributed by atoms with E-state index in [0.717, 1.165) is 41.9 Å². The fraction of sp³-hybridized carbons (Fsp3) is 1.00. The lowest BCUT2D eigenvalue weighted by atomic mass is 9.69. The van der Waals surface area contributed by atoms with Crippen LogP contribution in [0.1, 0.15) is 70.6 Å². The number of hydrogen-bond acceptors (Lipinski definition) is 3. The van der Waals surface area contributed by atoms with Gasteiger partial charge in [-0.3, -0.25) is 4.90 Å². The number of nitrogens with one attached hydrogen (secondary N) is 2. The normalized spacial score (nSPS) is 56.8. The van der Waals surface area contributed by atoms with Crippen molar-refractivity contribution in [3.63, 3.8) is 0 Å². The summed E-state index contributed by atoms with van der Waals surface area (Å²) in [7, 11) is 0. The van der Waals surface area contributed by atoms with E-state index in [1.54, 1.807) is 0 Å². The van der Waals surface area contributed by atoms with Gasteiger partial charge in [0.25, 0.3) is 0 Å². The van der Waals surface area contributed by atoms with E-state index >= 15 is 0 Å². The summed E-state index contributed by atoms with van der Waals surface area (Å²) in [4.78, 5) is 3.05. The number of nitrogens with zero attached hydrogens (tertiary/aromatic N) is 1. The van der Waals surface area contributed by atoms with Gasteiger partial charge in [0.1, 0.15) is 0 Å². The second-order valence-corrected chi connectivity index (χ2v) is 10.4. The highest BCUT2D eigenvalue weighted by Gasteiger charge is 2.55. The van der Waals surface area contributed by atoms with Gasteiger partial charge < -0.3 is 10.6 Å². The van der Waals surface area contributed by atoms with Crippen molar-refractivity contribution in [2.75, 3.05) is 13.1 Å². The largest absolute Gasteiger partial charge is 0.314 e. The average Bonchev–Trinajstić information content (AvgIpc) is 3.29. The van der Waals surface area contributed by atoms with Crippen molar-refractivity contribution in [1.82, 2.24) is 15.5 Å². The average molecular weight is 330 g/mol. The molecule has 3 aliphatic carbocycles. The summed E-state index contributed by atoms with van der Waals surface area (Å²) in [6, 6.07) is 3.44. The van der Waals surface area contributed by atoms with Crippen molar-refractivity contribution in [3.05, 3.63) is 0 Å². The summed E-state index contributed by atoms with van der Waals surface area (Å²) in [6.45, 7) is 2.73. The zero-order valence-electron chi connectivity index (χ0n) is 15.2. The van der Waals surface area contributed by atoms with E-state index < -0.39 is 0 Å². The Balaban J connectivity index is 1.22. The van der Waals surface area contributed by atoms with E-state index in [0.29, 0.717) is 5.54 Å². The van der Waals surface area contributed by atoms with Gasteiger partial charge in [0.15, 0.2) is 0 Å². The lowest BCUT2D eigenvalue weighted by molar-refractivity contribution is 0.0107. The Bertz CT molecular complexity index is 495. The Hall–Kier alpha value is -0.120. The summed E-state index contributed by atoms with van der Waals surface area (Å²) in [6.07, 6.45) is 16.3. The van der Waals surface area contributed by atoms with E-state index in [1.165, 1.54) is 83.7 Å². The molecule has 8 atom stereocenters. The van der Waals surface area contributed by atoms with Crippen molar-refractivity contribution < 1.29 is 0 Å². The van der Waals surface area contributed by atoms with E-state index in [1.807, 2.05) is 0 Å². The van der Waals surface area contributed by atoms with Crippen LogP contribution < -0.4 is 10.6 Å². The second-order valence-electron chi connectivity index (χ2n) is 10.4. The summed E-state index contributed by atoms with van der Waals surface area (Å²) in [5.74, 6) is 3.02. The smallest absolute Gasteiger partial charge is 0.0242 e. The maximum atomic E-state index is 4.14. The first kappa shape index (κ1) is 15.0. The van der Waals surface area contributed by atoms with E-state index in [-0.39, 0.29) is 0 Å². The molecule has 0 spiro atoms. The molecule has 3 heterocycles. The van der Waals surface area contributed by atoms with E-state index in [4.69, 9.17) is 0 Å². The molecule has 3 aliphatic heterocycles. The quantitative estimate of drug-likeness (QED) is 0.816. The maximum Gasteiger partial charge on any atom is 0.0242 e. The van der Waals surface area contributed by atoms with Crippen LogP contribution in [0.2, 0.25) is 0 Å². The van der Waals surface area contributed by atoms with Gasteiger partial charge in [-0.2, -0.15) is 0 Å². The first-order valence-electron chi connectivity index (χ1n) is 11.0. The third-order valence-corrected chi connectivity index (χ3v) is 9.05. The van der Waals surface area contributed by atoms with Gasteiger partial charge in [-0.05, 0) is 94.9 Å². The second kappa shape index (κ2) is 5.44. The molecular weight excluding hydrogens is 294 g/mol. The molecule has 24 heavy (non-hydrogen) atoms. The van der Waals surface area contributed by atoms with Gasteiger partial charge in [-0.15, -0.1) is 0 Å². The maximum absolute atomic E-state index is 4.14. The molecule has 6 aliphatic rings. The van der Waals surface area contributed by atoms with Gasteiger partial charge in [-0.25, -0.2) is 0 Å². The predicted molar refractivity (Wildman–Crippen MR) is 97.0 cm³/mol. The van der Waals surface area contributed by atoms with Crippen LogP contribution in [-0.4, -0.2) is 47.7 Å². The zero-order chi connectivity index (χ0) is 15.7. The van der Waals surface area contributed by atoms with Crippen molar-refractivity contribution in [2.24, 2.45) is 17.8 Å². The van der Waals surface area contributed by atoms with Gasteiger partial charge >= 0.3 is 0 Å². The summed E-state index contributed by atoms with van der Waals surface area (Å²) >= 11 is 0. The lowest BCUT2D eigenvalue weighted by Gasteiger charge is -2.51. The summed E-state index contributed by atoms with van der Waals surface area (Å²) in [5, 5.41) is 7.95. The summed E-state index contributed by atoms with van der Waals surface area (Å²) in [5.41, 5.74) is 0.598. The third kappa shape index (κ3) is 2.27. The molecule has 3 saturated carbocycles. The fourth-order valence-electron chi connectivity index (χ4n) is 8.10. The Morgan fingerprint density at radius 3 is 2.67 bits per heavy atom. The van der Waals surface area contributed by atoms with Crippen LogP contribution in [-0.2, 0) is 0 Å². The van der Waals surface area contributed by atoms with E-state index in [9.17, 15) is 0 Å². The van der Waals surface area contributed by atoms with Crippen molar-refractivity contribution in [2.45, 2.75) is 100 Å². The van der Waals surface area contributed by atoms with Crippen LogP contribution >= 0.6 is 0 Å². The highest BCUT2D eigenvalue weighted by Crippen LogP contribution is 2.52. The molecule has 6 rings (SSSR count). The molecule has 3 heteroatoms. The molecule has 0 amide bonds.